The van der Waals surface area contributed by atoms with Gasteiger partial charge in [0.25, 0.3) is 0 Å². The minimum Gasteiger partial charge on any atom is -0.494 e. The number of benzene rings is 4. The van der Waals surface area contributed by atoms with E-state index in [0.29, 0.717) is 46.3 Å². The monoisotopic (exact) mass is 490 g/mol. The van der Waals surface area contributed by atoms with E-state index < -0.39 is 0 Å². The number of pyridine rings is 2. The summed E-state index contributed by atoms with van der Waals surface area (Å²) >= 11 is 0. The molecule has 0 aliphatic rings. The molecule has 4 aromatic carbocycles. The molecular formula is C31H26N2O4. The number of hydrogen-bond acceptors (Lipinski definition) is 4. The number of nitrogens with one attached hydrogen (secondary N) is 2. The van der Waals surface area contributed by atoms with Crippen LogP contribution in [0.2, 0.25) is 0 Å². The van der Waals surface area contributed by atoms with Crippen LogP contribution in [-0.2, 0) is 0 Å². The fourth-order valence-corrected chi connectivity index (χ4v) is 4.74. The van der Waals surface area contributed by atoms with Gasteiger partial charge in [0.2, 0.25) is 0 Å². The summed E-state index contributed by atoms with van der Waals surface area (Å²) in [6, 6.07) is 26.2. The molecule has 0 saturated carbocycles. The molecule has 184 valence electrons. The fraction of sp³-hybridized carbons (Fsp3) is 0.161. The van der Waals surface area contributed by atoms with Crippen molar-refractivity contribution in [2.75, 3.05) is 13.2 Å². The van der Waals surface area contributed by atoms with Crippen molar-refractivity contribution >= 4 is 43.6 Å². The van der Waals surface area contributed by atoms with Crippen molar-refractivity contribution in [3.8, 4) is 11.5 Å². The molecule has 0 radical (unpaired) electrons. The van der Waals surface area contributed by atoms with Gasteiger partial charge in [0.05, 0.1) is 24.2 Å². The van der Waals surface area contributed by atoms with Crippen LogP contribution < -0.4 is 20.3 Å². The van der Waals surface area contributed by atoms with Crippen LogP contribution in [0.4, 0.5) is 0 Å². The highest BCUT2D eigenvalue weighted by Crippen LogP contribution is 2.22. The molecule has 0 unspecified atom stereocenters. The highest BCUT2D eigenvalue weighted by atomic mass is 16.5. The molecule has 6 heteroatoms. The minimum atomic E-state index is 0.0100. The Hall–Kier alpha value is -4.58. The van der Waals surface area contributed by atoms with E-state index in [9.17, 15) is 9.59 Å². The first kappa shape index (κ1) is 22.9. The lowest BCUT2D eigenvalue weighted by atomic mass is 10.1. The molecule has 2 heterocycles. The maximum Gasteiger partial charge on any atom is 0.197 e. The summed E-state index contributed by atoms with van der Waals surface area (Å²) in [4.78, 5) is 32.3. The molecule has 2 N–H and O–H groups in total. The Morgan fingerprint density at radius 2 is 0.919 bits per heavy atom. The van der Waals surface area contributed by atoms with Gasteiger partial charge in [-0.3, -0.25) is 9.59 Å². The van der Waals surface area contributed by atoms with Gasteiger partial charge >= 0.3 is 0 Å². The lowest BCUT2D eigenvalue weighted by molar-refractivity contribution is 0.280. The van der Waals surface area contributed by atoms with Crippen molar-refractivity contribution in [3.63, 3.8) is 0 Å². The van der Waals surface area contributed by atoms with Crippen molar-refractivity contribution in [2.24, 2.45) is 0 Å². The quantitative estimate of drug-likeness (QED) is 0.194. The van der Waals surface area contributed by atoms with E-state index in [-0.39, 0.29) is 10.9 Å². The molecule has 37 heavy (non-hydrogen) atoms. The largest absolute Gasteiger partial charge is 0.494 e. The molecule has 6 nitrogen and oxygen atoms in total. The first-order valence-electron chi connectivity index (χ1n) is 12.5. The number of aromatic nitrogens is 2. The third-order valence-corrected chi connectivity index (χ3v) is 6.68. The summed E-state index contributed by atoms with van der Waals surface area (Å²) in [6.07, 6.45) is 2.69. The second-order valence-corrected chi connectivity index (χ2v) is 9.17. The molecule has 6 aromatic rings. The Kier molecular flexibility index (Phi) is 6.06. The topological polar surface area (TPSA) is 84.2 Å². The molecule has 0 fully saturated rings. The van der Waals surface area contributed by atoms with Gasteiger partial charge < -0.3 is 19.4 Å². The molecular weight excluding hydrogens is 464 g/mol. The lowest BCUT2D eigenvalue weighted by Crippen LogP contribution is -2.05. The lowest BCUT2D eigenvalue weighted by Gasteiger charge is -2.09. The SMILES string of the molecule is O=c1c2ccccc2[nH]c2ccc(OCCCCCOc3ccc4[nH]c5ccccc5c(=O)c4c3)cc12. The fourth-order valence-electron chi connectivity index (χ4n) is 4.74. The Balaban J connectivity index is 1.02. The molecule has 0 amide bonds. The van der Waals surface area contributed by atoms with Crippen LogP contribution in [0.1, 0.15) is 19.3 Å². The van der Waals surface area contributed by atoms with Gasteiger partial charge in [0, 0.05) is 32.6 Å². The predicted molar refractivity (Wildman–Crippen MR) is 149 cm³/mol. The molecule has 0 atom stereocenters. The van der Waals surface area contributed by atoms with Crippen molar-refractivity contribution in [1.82, 2.24) is 9.97 Å². The van der Waals surface area contributed by atoms with E-state index >= 15 is 0 Å². The van der Waals surface area contributed by atoms with E-state index in [1.54, 1.807) is 0 Å². The first-order valence-corrected chi connectivity index (χ1v) is 12.5. The number of H-pyrrole nitrogens is 2. The zero-order valence-corrected chi connectivity index (χ0v) is 20.3. The van der Waals surface area contributed by atoms with Gasteiger partial charge in [0.15, 0.2) is 10.9 Å². The molecule has 0 saturated heterocycles. The average Bonchev–Trinajstić information content (AvgIpc) is 2.93. The minimum absolute atomic E-state index is 0.0100. The predicted octanol–water partition coefficient (Wildman–Crippen LogP) is 6.30. The van der Waals surface area contributed by atoms with Crippen LogP contribution >= 0.6 is 0 Å². The zero-order valence-electron chi connectivity index (χ0n) is 20.3. The molecule has 6 rings (SSSR count). The van der Waals surface area contributed by atoms with Crippen LogP contribution in [-0.4, -0.2) is 23.2 Å². The van der Waals surface area contributed by atoms with E-state index in [1.165, 1.54) is 0 Å². The Morgan fingerprint density at radius 1 is 0.486 bits per heavy atom. The van der Waals surface area contributed by atoms with Crippen molar-refractivity contribution in [1.29, 1.82) is 0 Å². The second kappa shape index (κ2) is 9.82. The highest BCUT2D eigenvalue weighted by Gasteiger charge is 2.08. The molecule has 0 aliphatic heterocycles. The van der Waals surface area contributed by atoms with E-state index in [1.807, 2.05) is 84.9 Å². The van der Waals surface area contributed by atoms with Crippen LogP contribution in [0.5, 0.6) is 11.5 Å². The zero-order chi connectivity index (χ0) is 25.2. The van der Waals surface area contributed by atoms with Crippen molar-refractivity contribution < 1.29 is 9.47 Å². The average molecular weight is 491 g/mol. The van der Waals surface area contributed by atoms with Gasteiger partial charge in [-0.25, -0.2) is 0 Å². The van der Waals surface area contributed by atoms with E-state index in [0.717, 1.165) is 41.3 Å². The van der Waals surface area contributed by atoms with E-state index in [2.05, 4.69) is 9.97 Å². The van der Waals surface area contributed by atoms with Gasteiger partial charge in [0.1, 0.15) is 11.5 Å². The summed E-state index contributed by atoms with van der Waals surface area (Å²) in [5.74, 6) is 1.39. The van der Waals surface area contributed by atoms with Crippen LogP contribution in [0.25, 0.3) is 43.6 Å². The van der Waals surface area contributed by atoms with Gasteiger partial charge in [-0.05, 0) is 79.9 Å². The number of unbranched alkanes of at least 4 members (excludes halogenated alkanes) is 2. The number of para-hydroxylation sites is 2. The number of hydrogen-bond donors (Lipinski definition) is 2. The molecule has 0 bridgehead atoms. The Morgan fingerprint density at radius 3 is 1.41 bits per heavy atom. The maximum atomic E-state index is 12.8. The summed E-state index contributed by atoms with van der Waals surface area (Å²) in [7, 11) is 0. The third kappa shape index (κ3) is 4.54. The highest BCUT2D eigenvalue weighted by molar-refractivity contribution is 5.94. The normalized spacial score (nSPS) is 11.5. The van der Waals surface area contributed by atoms with Crippen LogP contribution in [0.3, 0.4) is 0 Å². The number of fused-ring (bicyclic) bond motifs is 4. The van der Waals surface area contributed by atoms with Crippen LogP contribution in [0, 0.1) is 0 Å². The summed E-state index contributed by atoms with van der Waals surface area (Å²) < 4.78 is 11.8. The Bertz CT molecular complexity index is 1730. The Labute approximate surface area is 212 Å². The van der Waals surface area contributed by atoms with E-state index in [4.69, 9.17) is 9.47 Å². The second-order valence-electron chi connectivity index (χ2n) is 9.17. The van der Waals surface area contributed by atoms with Gasteiger partial charge in [-0.1, -0.05) is 24.3 Å². The smallest absolute Gasteiger partial charge is 0.197 e. The van der Waals surface area contributed by atoms with Gasteiger partial charge in [-0.2, -0.15) is 0 Å². The molecule has 0 spiro atoms. The van der Waals surface area contributed by atoms with Crippen molar-refractivity contribution in [2.45, 2.75) is 19.3 Å². The number of ether oxygens (including phenoxy) is 2. The van der Waals surface area contributed by atoms with Crippen molar-refractivity contribution in [3.05, 3.63) is 105 Å². The van der Waals surface area contributed by atoms with Gasteiger partial charge in [-0.15, -0.1) is 0 Å². The third-order valence-electron chi connectivity index (χ3n) is 6.68. The molecule has 2 aromatic heterocycles. The summed E-state index contributed by atoms with van der Waals surface area (Å²) in [5.41, 5.74) is 3.29. The standard InChI is InChI=1S/C31H26N2O4/c34-30-22-8-2-4-10-26(22)32-28-14-12-20(18-24(28)30)36-16-6-1-7-17-37-21-13-15-29-25(19-21)31(35)23-9-3-5-11-27(23)33-29/h2-5,8-15,18-19H,1,6-7,16-17H2,(H,32,34)(H,33,35). The summed E-state index contributed by atoms with van der Waals surface area (Å²) in [5, 5.41) is 2.62. The number of aromatic amines is 2. The maximum absolute atomic E-state index is 12.8. The first-order chi connectivity index (χ1) is 18.2. The number of rotatable bonds is 8. The molecule has 0 aliphatic carbocycles. The van der Waals surface area contributed by atoms with Crippen LogP contribution in [0.15, 0.2) is 94.5 Å². The summed E-state index contributed by atoms with van der Waals surface area (Å²) in [6.45, 7) is 1.13.